The van der Waals surface area contributed by atoms with Crippen LogP contribution in [0.3, 0.4) is 0 Å². The molecule has 12 heavy (non-hydrogen) atoms. The molecule has 0 amide bonds. The van der Waals surface area contributed by atoms with E-state index in [0.717, 1.165) is 18.2 Å². The highest BCUT2D eigenvalue weighted by atomic mass is 32.2. The molecule has 0 heterocycles. The molecule has 0 aromatic heterocycles. The summed E-state index contributed by atoms with van der Waals surface area (Å²) in [6, 6.07) is 0. The first-order valence-electron chi connectivity index (χ1n) is 4.94. The zero-order chi connectivity index (χ0) is 8.81. The molecule has 1 aliphatic rings. The van der Waals surface area contributed by atoms with Crippen molar-refractivity contribution in [3.63, 3.8) is 0 Å². The number of nitrogens with two attached hydrogens (primary N) is 2. The van der Waals surface area contributed by atoms with E-state index in [1.807, 2.05) is 11.8 Å². The molecule has 1 unspecified atom stereocenters. The van der Waals surface area contributed by atoms with Crippen LogP contribution in [0.2, 0.25) is 0 Å². The monoisotopic (exact) mass is 188 g/mol. The zero-order valence-corrected chi connectivity index (χ0v) is 8.48. The first-order valence-corrected chi connectivity index (χ1v) is 5.88. The van der Waals surface area contributed by atoms with Gasteiger partial charge in [0.25, 0.3) is 0 Å². The number of rotatable bonds is 4. The molecule has 0 radical (unpaired) electrons. The van der Waals surface area contributed by atoms with Crippen molar-refractivity contribution in [2.45, 2.75) is 49.1 Å². The normalized spacial score (nSPS) is 22.5. The Morgan fingerprint density at radius 2 is 1.92 bits per heavy atom. The van der Waals surface area contributed by atoms with Gasteiger partial charge in [0, 0.05) is 5.25 Å². The van der Waals surface area contributed by atoms with Crippen molar-refractivity contribution in [1.82, 2.24) is 0 Å². The predicted molar refractivity (Wildman–Crippen MR) is 56.1 cm³/mol. The van der Waals surface area contributed by atoms with E-state index in [2.05, 4.69) is 0 Å². The maximum atomic E-state index is 5.90. The highest BCUT2D eigenvalue weighted by Gasteiger charge is 2.16. The topological polar surface area (TPSA) is 52.0 Å². The Bertz CT molecular complexity index is 113. The average molecular weight is 188 g/mol. The lowest BCUT2D eigenvalue weighted by Crippen LogP contribution is -2.24. The van der Waals surface area contributed by atoms with Crippen LogP contribution in [0, 0.1) is 0 Å². The average Bonchev–Trinajstić information content (AvgIpc) is 2.06. The van der Waals surface area contributed by atoms with Crippen LogP contribution in [-0.2, 0) is 0 Å². The Morgan fingerprint density at radius 3 is 2.50 bits per heavy atom. The van der Waals surface area contributed by atoms with Crippen molar-refractivity contribution in [3.8, 4) is 0 Å². The fourth-order valence-corrected chi connectivity index (χ4v) is 3.05. The summed E-state index contributed by atoms with van der Waals surface area (Å²) in [5.74, 6) is 0. The molecule has 1 fully saturated rings. The van der Waals surface area contributed by atoms with Gasteiger partial charge < -0.3 is 11.5 Å². The Kier molecular flexibility index (Phi) is 5.04. The van der Waals surface area contributed by atoms with Crippen molar-refractivity contribution < 1.29 is 0 Å². The minimum atomic E-state index is 0.276. The predicted octanol–water partition coefficient (Wildman–Crippen LogP) is 1.69. The van der Waals surface area contributed by atoms with Crippen molar-refractivity contribution in [2.75, 3.05) is 6.54 Å². The summed E-state index contributed by atoms with van der Waals surface area (Å²) in [5.41, 5.74) is 11.3. The third kappa shape index (κ3) is 3.78. The molecular formula is C9H20N2S. The summed E-state index contributed by atoms with van der Waals surface area (Å²) < 4.78 is 0. The molecule has 0 aromatic rings. The molecule has 2 nitrogen and oxygen atoms in total. The van der Waals surface area contributed by atoms with Crippen molar-refractivity contribution in [1.29, 1.82) is 0 Å². The Balaban J connectivity index is 2.11. The maximum Gasteiger partial charge on any atom is 0.0522 e. The molecular weight excluding hydrogens is 168 g/mol. The standard InChI is InChI=1S/C9H20N2S/c10-7-6-9(11)12-8-4-2-1-3-5-8/h8-9H,1-7,10-11H2. The van der Waals surface area contributed by atoms with Gasteiger partial charge in [-0.05, 0) is 25.8 Å². The largest absolute Gasteiger partial charge is 0.330 e. The second-order valence-electron chi connectivity index (χ2n) is 3.51. The van der Waals surface area contributed by atoms with E-state index in [0.29, 0.717) is 0 Å². The number of hydrogen-bond acceptors (Lipinski definition) is 3. The first-order chi connectivity index (χ1) is 5.83. The SMILES string of the molecule is NCCC(N)SC1CCCCC1. The Morgan fingerprint density at radius 1 is 1.25 bits per heavy atom. The van der Waals surface area contributed by atoms with Crippen LogP contribution < -0.4 is 11.5 Å². The molecule has 0 bridgehead atoms. The van der Waals surface area contributed by atoms with Crippen LogP contribution in [0.1, 0.15) is 38.5 Å². The minimum Gasteiger partial charge on any atom is -0.330 e. The van der Waals surface area contributed by atoms with E-state index >= 15 is 0 Å². The summed E-state index contributed by atoms with van der Waals surface area (Å²) in [5, 5.41) is 1.10. The summed E-state index contributed by atoms with van der Waals surface area (Å²) in [7, 11) is 0. The molecule has 1 atom stereocenters. The van der Waals surface area contributed by atoms with E-state index in [4.69, 9.17) is 11.5 Å². The molecule has 4 N–H and O–H groups in total. The summed E-state index contributed by atoms with van der Waals surface area (Å²) in [6.07, 6.45) is 7.90. The smallest absolute Gasteiger partial charge is 0.0522 e. The Hall–Kier alpha value is 0.270. The van der Waals surface area contributed by atoms with Crippen LogP contribution in [-0.4, -0.2) is 17.2 Å². The summed E-state index contributed by atoms with van der Waals surface area (Å²) >= 11 is 1.94. The third-order valence-electron chi connectivity index (χ3n) is 2.37. The second-order valence-corrected chi connectivity index (χ2v) is 5.06. The van der Waals surface area contributed by atoms with Crippen LogP contribution in [0.15, 0.2) is 0 Å². The molecule has 3 heteroatoms. The van der Waals surface area contributed by atoms with E-state index in [9.17, 15) is 0 Å². The molecule has 1 rings (SSSR count). The minimum absolute atomic E-state index is 0.276. The fourth-order valence-electron chi connectivity index (χ4n) is 1.68. The summed E-state index contributed by atoms with van der Waals surface area (Å²) in [4.78, 5) is 0. The van der Waals surface area contributed by atoms with Gasteiger partial charge in [-0.15, -0.1) is 11.8 Å². The van der Waals surface area contributed by atoms with Crippen LogP contribution >= 0.6 is 11.8 Å². The van der Waals surface area contributed by atoms with Crippen LogP contribution in [0.5, 0.6) is 0 Å². The van der Waals surface area contributed by atoms with Gasteiger partial charge in [-0.3, -0.25) is 0 Å². The molecule has 0 aliphatic heterocycles. The fraction of sp³-hybridized carbons (Fsp3) is 1.00. The third-order valence-corrected chi connectivity index (χ3v) is 3.81. The quantitative estimate of drug-likeness (QED) is 0.660. The van der Waals surface area contributed by atoms with Crippen molar-refractivity contribution in [3.05, 3.63) is 0 Å². The molecule has 72 valence electrons. The second kappa shape index (κ2) is 5.84. The van der Waals surface area contributed by atoms with E-state index in [-0.39, 0.29) is 5.37 Å². The van der Waals surface area contributed by atoms with Crippen LogP contribution in [0.4, 0.5) is 0 Å². The van der Waals surface area contributed by atoms with Gasteiger partial charge in [0.05, 0.1) is 5.37 Å². The van der Waals surface area contributed by atoms with Crippen molar-refractivity contribution >= 4 is 11.8 Å². The van der Waals surface area contributed by atoms with E-state index < -0.39 is 0 Å². The van der Waals surface area contributed by atoms with Gasteiger partial charge in [-0.2, -0.15) is 0 Å². The first kappa shape index (κ1) is 10.4. The number of hydrogen-bond donors (Lipinski definition) is 2. The summed E-state index contributed by atoms with van der Waals surface area (Å²) in [6.45, 7) is 0.723. The van der Waals surface area contributed by atoms with Gasteiger partial charge >= 0.3 is 0 Å². The molecule has 0 aromatic carbocycles. The molecule has 0 spiro atoms. The van der Waals surface area contributed by atoms with Crippen LogP contribution in [0.25, 0.3) is 0 Å². The highest BCUT2D eigenvalue weighted by Crippen LogP contribution is 2.30. The maximum absolute atomic E-state index is 5.90. The van der Waals surface area contributed by atoms with Gasteiger partial charge in [0.2, 0.25) is 0 Å². The molecule has 1 saturated carbocycles. The lowest BCUT2D eigenvalue weighted by molar-refractivity contribution is 0.514. The highest BCUT2D eigenvalue weighted by molar-refractivity contribution is 8.00. The van der Waals surface area contributed by atoms with Gasteiger partial charge in [-0.25, -0.2) is 0 Å². The van der Waals surface area contributed by atoms with Gasteiger partial charge in [0.15, 0.2) is 0 Å². The van der Waals surface area contributed by atoms with Crippen molar-refractivity contribution in [2.24, 2.45) is 11.5 Å². The lowest BCUT2D eigenvalue weighted by atomic mass is 10.0. The van der Waals surface area contributed by atoms with E-state index in [1.165, 1.54) is 32.1 Å². The zero-order valence-electron chi connectivity index (χ0n) is 7.67. The van der Waals surface area contributed by atoms with Gasteiger partial charge in [0.1, 0.15) is 0 Å². The number of thioether (sulfide) groups is 1. The Labute approximate surface area is 79.5 Å². The molecule has 1 aliphatic carbocycles. The molecule has 0 saturated heterocycles. The van der Waals surface area contributed by atoms with Gasteiger partial charge in [-0.1, -0.05) is 19.3 Å². The lowest BCUT2D eigenvalue weighted by Gasteiger charge is -2.23. The van der Waals surface area contributed by atoms with E-state index in [1.54, 1.807) is 0 Å².